The quantitative estimate of drug-likeness (QED) is 0.494. The number of ether oxygens (including phenoxy) is 1. The lowest BCUT2D eigenvalue weighted by Gasteiger charge is -2.24. The monoisotopic (exact) mass is 132 g/mol. The highest BCUT2D eigenvalue weighted by atomic mass is 32.2. The van der Waals surface area contributed by atoms with Gasteiger partial charge in [0.15, 0.2) is 0 Å². The topological polar surface area (TPSA) is 9.23 Å². The van der Waals surface area contributed by atoms with Gasteiger partial charge in [0.25, 0.3) is 0 Å². The summed E-state index contributed by atoms with van der Waals surface area (Å²) < 4.78 is 5.47. The van der Waals surface area contributed by atoms with Crippen molar-refractivity contribution >= 4 is 11.8 Å². The Morgan fingerprint density at radius 2 is 1.75 bits per heavy atom. The van der Waals surface area contributed by atoms with Crippen molar-refractivity contribution in [1.29, 1.82) is 0 Å². The van der Waals surface area contributed by atoms with Gasteiger partial charge in [-0.05, 0) is 13.8 Å². The fourth-order valence-electron chi connectivity index (χ4n) is 0.875. The first-order valence-electron chi connectivity index (χ1n) is 3.02. The van der Waals surface area contributed by atoms with Crippen LogP contribution in [-0.4, -0.2) is 23.7 Å². The third-order valence-electron chi connectivity index (χ3n) is 1.17. The van der Waals surface area contributed by atoms with Crippen LogP contribution in [0.15, 0.2) is 0 Å². The third kappa shape index (κ3) is 1.67. The molecule has 2 heteroatoms. The third-order valence-corrected chi connectivity index (χ3v) is 2.58. The fourth-order valence-corrected chi connectivity index (χ4v) is 1.83. The highest BCUT2D eigenvalue weighted by Gasteiger charge is 2.14. The van der Waals surface area contributed by atoms with Gasteiger partial charge in [-0.25, -0.2) is 0 Å². The van der Waals surface area contributed by atoms with Crippen molar-refractivity contribution in [2.24, 2.45) is 0 Å². The van der Waals surface area contributed by atoms with Crippen molar-refractivity contribution in [2.75, 3.05) is 11.5 Å². The molecule has 0 saturated carbocycles. The first-order valence-corrected chi connectivity index (χ1v) is 4.17. The summed E-state index contributed by atoms with van der Waals surface area (Å²) >= 11 is 1.99. The lowest BCUT2D eigenvalue weighted by molar-refractivity contribution is 0.0292. The Labute approximate surface area is 54.8 Å². The number of rotatable bonds is 0. The van der Waals surface area contributed by atoms with Gasteiger partial charge < -0.3 is 4.74 Å². The van der Waals surface area contributed by atoms with Crippen LogP contribution in [0.5, 0.6) is 0 Å². The van der Waals surface area contributed by atoms with Crippen molar-refractivity contribution in [3.05, 3.63) is 0 Å². The Hall–Kier alpha value is 0.310. The summed E-state index contributed by atoms with van der Waals surface area (Å²) in [6.07, 6.45) is 0.951. The number of hydrogen-bond donors (Lipinski definition) is 0. The van der Waals surface area contributed by atoms with Crippen LogP contribution in [0.2, 0.25) is 0 Å². The zero-order valence-corrected chi connectivity index (χ0v) is 6.20. The van der Waals surface area contributed by atoms with E-state index < -0.39 is 0 Å². The Balaban J connectivity index is 2.23. The molecule has 0 aromatic carbocycles. The van der Waals surface area contributed by atoms with Gasteiger partial charge >= 0.3 is 0 Å². The molecule has 1 nitrogen and oxygen atoms in total. The van der Waals surface area contributed by atoms with Crippen LogP contribution < -0.4 is 0 Å². The predicted molar refractivity (Wildman–Crippen MR) is 37.3 cm³/mol. The van der Waals surface area contributed by atoms with Gasteiger partial charge in [0, 0.05) is 11.5 Å². The highest BCUT2D eigenvalue weighted by Crippen LogP contribution is 2.16. The molecule has 48 valence electrons. The van der Waals surface area contributed by atoms with Crippen molar-refractivity contribution in [3.8, 4) is 0 Å². The standard InChI is InChI=1S/C6H12OS/c1-5-3-8-4-6(2)7-5/h5-6H,3-4H2,1-2H3/t5-,6+. The van der Waals surface area contributed by atoms with E-state index in [1.165, 1.54) is 11.5 Å². The van der Waals surface area contributed by atoms with Crippen molar-refractivity contribution < 1.29 is 4.74 Å². The predicted octanol–water partition coefficient (Wildman–Crippen LogP) is 1.53. The molecule has 1 aliphatic rings. The Morgan fingerprint density at radius 3 is 2.00 bits per heavy atom. The van der Waals surface area contributed by atoms with Gasteiger partial charge in [-0.3, -0.25) is 0 Å². The smallest absolute Gasteiger partial charge is 0.0641 e. The molecule has 1 aliphatic heterocycles. The molecule has 1 heterocycles. The van der Waals surface area contributed by atoms with Crippen LogP contribution in [0.4, 0.5) is 0 Å². The summed E-state index contributed by atoms with van der Waals surface area (Å²) in [7, 11) is 0. The molecule has 0 radical (unpaired) electrons. The van der Waals surface area contributed by atoms with Gasteiger partial charge in [-0.15, -0.1) is 0 Å². The van der Waals surface area contributed by atoms with E-state index in [1.54, 1.807) is 0 Å². The molecular weight excluding hydrogens is 120 g/mol. The van der Waals surface area contributed by atoms with Crippen LogP contribution in [0.25, 0.3) is 0 Å². The zero-order chi connectivity index (χ0) is 5.98. The molecule has 0 aromatic heterocycles. The average molecular weight is 132 g/mol. The van der Waals surface area contributed by atoms with Crippen LogP contribution in [0, 0.1) is 0 Å². The van der Waals surface area contributed by atoms with Crippen molar-refractivity contribution in [1.82, 2.24) is 0 Å². The molecule has 0 spiro atoms. The Bertz CT molecular complexity index is 66.9. The molecule has 8 heavy (non-hydrogen) atoms. The fraction of sp³-hybridized carbons (Fsp3) is 1.00. The van der Waals surface area contributed by atoms with E-state index in [0.717, 1.165) is 0 Å². The van der Waals surface area contributed by atoms with Crippen LogP contribution in [-0.2, 0) is 4.74 Å². The molecule has 2 atom stereocenters. The average Bonchev–Trinajstić information content (AvgIpc) is 1.64. The Morgan fingerprint density at radius 1 is 1.25 bits per heavy atom. The molecule has 0 aromatic rings. The summed E-state index contributed by atoms with van der Waals surface area (Å²) in [4.78, 5) is 0. The maximum Gasteiger partial charge on any atom is 0.0641 e. The van der Waals surface area contributed by atoms with E-state index >= 15 is 0 Å². The highest BCUT2D eigenvalue weighted by molar-refractivity contribution is 7.99. The molecule has 0 amide bonds. The molecule has 1 rings (SSSR count). The summed E-state index contributed by atoms with van der Waals surface area (Å²) in [6.45, 7) is 4.26. The minimum absolute atomic E-state index is 0.476. The summed E-state index contributed by atoms with van der Waals surface area (Å²) in [5.41, 5.74) is 0. The lowest BCUT2D eigenvalue weighted by Crippen LogP contribution is -2.26. The van der Waals surface area contributed by atoms with Gasteiger partial charge in [0.2, 0.25) is 0 Å². The first-order chi connectivity index (χ1) is 3.79. The molecule has 1 saturated heterocycles. The SMILES string of the molecule is C[C@@H]1CSC[C@H](C)O1. The lowest BCUT2D eigenvalue weighted by atomic mass is 10.4. The normalized spacial score (nSPS) is 39.8. The van der Waals surface area contributed by atoms with E-state index in [9.17, 15) is 0 Å². The van der Waals surface area contributed by atoms with Gasteiger partial charge in [-0.1, -0.05) is 0 Å². The second kappa shape index (κ2) is 2.74. The minimum atomic E-state index is 0.476. The maximum absolute atomic E-state index is 5.47. The number of thioether (sulfide) groups is 1. The van der Waals surface area contributed by atoms with E-state index in [1.807, 2.05) is 11.8 Å². The maximum atomic E-state index is 5.47. The van der Waals surface area contributed by atoms with Crippen LogP contribution in [0.1, 0.15) is 13.8 Å². The van der Waals surface area contributed by atoms with Gasteiger partial charge in [-0.2, -0.15) is 11.8 Å². The second-order valence-corrected chi connectivity index (χ2v) is 3.37. The van der Waals surface area contributed by atoms with Crippen molar-refractivity contribution in [3.63, 3.8) is 0 Å². The summed E-state index contributed by atoms with van der Waals surface area (Å²) in [6, 6.07) is 0. The molecule has 0 unspecified atom stereocenters. The molecule has 0 aliphatic carbocycles. The summed E-state index contributed by atoms with van der Waals surface area (Å²) in [5.74, 6) is 2.34. The summed E-state index contributed by atoms with van der Waals surface area (Å²) in [5, 5.41) is 0. The van der Waals surface area contributed by atoms with Crippen molar-refractivity contribution in [2.45, 2.75) is 26.1 Å². The van der Waals surface area contributed by atoms with E-state index in [4.69, 9.17) is 4.74 Å². The Kier molecular flexibility index (Phi) is 2.20. The number of hydrogen-bond acceptors (Lipinski definition) is 2. The first kappa shape index (κ1) is 6.43. The molecular formula is C6H12OS. The van der Waals surface area contributed by atoms with Crippen LogP contribution >= 0.6 is 11.8 Å². The van der Waals surface area contributed by atoms with E-state index in [2.05, 4.69) is 13.8 Å². The van der Waals surface area contributed by atoms with Gasteiger partial charge in [0.05, 0.1) is 12.2 Å². The molecule has 1 fully saturated rings. The molecule has 0 N–H and O–H groups in total. The second-order valence-electron chi connectivity index (χ2n) is 2.29. The van der Waals surface area contributed by atoms with E-state index in [-0.39, 0.29) is 0 Å². The van der Waals surface area contributed by atoms with E-state index in [0.29, 0.717) is 12.2 Å². The van der Waals surface area contributed by atoms with Gasteiger partial charge in [0.1, 0.15) is 0 Å². The largest absolute Gasteiger partial charge is 0.374 e. The zero-order valence-electron chi connectivity index (χ0n) is 5.39. The molecule has 0 bridgehead atoms. The minimum Gasteiger partial charge on any atom is -0.374 e. The van der Waals surface area contributed by atoms with Crippen LogP contribution in [0.3, 0.4) is 0 Å².